The van der Waals surface area contributed by atoms with Crippen LogP contribution in [0.5, 0.6) is 0 Å². The van der Waals surface area contributed by atoms with Gasteiger partial charge >= 0.3 is 0 Å². The van der Waals surface area contributed by atoms with Crippen molar-refractivity contribution in [3.63, 3.8) is 0 Å². The average Bonchev–Trinajstić information content (AvgIpc) is 2.29. The first kappa shape index (κ1) is 14.0. The lowest BCUT2D eigenvalue weighted by atomic mass is 10.3. The Hall–Kier alpha value is -1.09. The Morgan fingerprint density at radius 2 is 2.35 bits per heavy atom. The van der Waals surface area contributed by atoms with Gasteiger partial charge in [-0.15, -0.1) is 0 Å². The van der Waals surface area contributed by atoms with Gasteiger partial charge in [0.25, 0.3) is 0 Å². The number of sulfonamides is 1. The first-order valence-corrected chi connectivity index (χ1v) is 6.61. The summed E-state index contributed by atoms with van der Waals surface area (Å²) in [6.45, 7) is 0.451. The van der Waals surface area contributed by atoms with Crippen molar-refractivity contribution in [2.45, 2.75) is 4.90 Å². The molecule has 17 heavy (non-hydrogen) atoms. The average molecular weight is 275 g/mol. The van der Waals surface area contributed by atoms with E-state index in [4.69, 9.17) is 22.7 Å². The minimum Gasteiger partial charge on any atom is -0.388 e. The molecule has 0 spiro atoms. The summed E-state index contributed by atoms with van der Waals surface area (Å²) < 4.78 is 30.9. The third-order valence-corrected chi connectivity index (χ3v) is 3.58. The van der Waals surface area contributed by atoms with Gasteiger partial charge in [-0.05, 0) is 12.1 Å². The second kappa shape index (κ2) is 6.01. The minimum atomic E-state index is -3.67. The molecule has 0 saturated carbocycles. The van der Waals surface area contributed by atoms with Crippen LogP contribution >= 0.6 is 12.2 Å². The van der Waals surface area contributed by atoms with Crippen molar-refractivity contribution in [1.82, 2.24) is 9.71 Å². The smallest absolute Gasteiger partial charge is 0.242 e. The second-order valence-corrected chi connectivity index (χ2v) is 5.28. The maximum atomic E-state index is 11.9. The zero-order valence-corrected chi connectivity index (χ0v) is 10.8. The van der Waals surface area contributed by atoms with E-state index < -0.39 is 10.0 Å². The molecule has 6 nitrogen and oxygen atoms in total. The Morgan fingerprint density at radius 3 is 2.94 bits per heavy atom. The van der Waals surface area contributed by atoms with Gasteiger partial charge in [0, 0.05) is 19.9 Å². The molecule has 8 heteroatoms. The summed E-state index contributed by atoms with van der Waals surface area (Å²) in [6, 6.07) is 2.91. The topological polar surface area (TPSA) is 94.3 Å². The lowest BCUT2D eigenvalue weighted by Crippen LogP contribution is -2.29. The standard InChI is InChI=1S/C9H13N3O3S2/c1-15-6-5-12-17(13,14)7-3-2-4-11-8(7)9(10)16/h2-4,12H,5-6H2,1H3,(H2,10,16). The van der Waals surface area contributed by atoms with Crippen LogP contribution in [0, 0.1) is 0 Å². The summed E-state index contributed by atoms with van der Waals surface area (Å²) in [5, 5.41) is 0. The normalized spacial score (nSPS) is 11.4. The Morgan fingerprint density at radius 1 is 1.65 bits per heavy atom. The SMILES string of the molecule is COCCNS(=O)(=O)c1cccnc1C(N)=S. The number of pyridine rings is 1. The molecule has 0 atom stereocenters. The Bertz CT molecular complexity index is 502. The quantitative estimate of drug-likeness (QED) is 0.544. The third kappa shape index (κ3) is 3.70. The van der Waals surface area contributed by atoms with Crippen molar-refractivity contribution >= 4 is 27.2 Å². The number of aromatic nitrogens is 1. The van der Waals surface area contributed by atoms with Gasteiger partial charge < -0.3 is 10.5 Å². The lowest BCUT2D eigenvalue weighted by molar-refractivity contribution is 0.204. The molecule has 0 unspecified atom stereocenters. The van der Waals surface area contributed by atoms with E-state index >= 15 is 0 Å². The van der Waals surface area contributed by atoms with Crippen molar-refractivity contribution in [3.05, 3.63) is 24.0 Å². The number of nitrogens with zero attached hydrogens (tertiary/aromatic N) is 1. The van der Waals surface area contributed by atoms with E-state index in [-0.39, 0.29) is 28.7 Å². The van der Waals surface area contributed by atoms with Gasteiger partial charge in [0.05, 0.1) is 6.61 Å². The predicted octanol–water partition coefficient (Wildman–Crippen LogP) is -0.359. The monoisotopic (exact) mass is 275 g/mol. The highest BCUT2D eigenvalue weighted by atomic mass is 32.2. The molecule has 3 N–H and O–H groups in total. The predicted molar refractivity (Wildman–Crippen MR) is 67.2 cm³/mol. The van der Waals surface area contributed by atoms with Crippen LogP contribution < -0.4 is 10.5 Å². The highest BCUT2D eigenvalue weighted by Gasteiger charge is 2.19. The molecule has 0 radical (unpaired) electrons. The summed E-state index contributed by atoms with van der Waals surface area (Å²) >= 11 is 4.75. The number of ether oxygens (including phenoxy) is 1. The van der Waals surface area contributed by atoms with Gasteiger partial charge in [-0.3, -0.25) is 4.98 Å². The van der Waals surface area contributed by atoms with E-state index in [0.717, 1.165) is 0 Å². The van der Waals surface area contributed by atoms with Crippen LogP contribution in [-0.2, 0) is 14.8 Å². The van der Waals surface area contributed by atoms with Gasteiger partial charge in [0.1, 0.15) is 15.6 Å². The van der Waals surface area contributed by atoms with E-state index in [9.17, 15) is 8.42 Å². The maximum Gasteiger partial charge on any atom is 0.242 e. The van der Waals surface area contributed by atoms with Crippen LogP contribution in [0.3, 0.4) is 0 Å². The molecule has 0 fully saturated rings. The molecule has 0 saturated heterocycles. The van der Waals surface area contributed by atoms with Crippen LogP contribution in [0.15, 0.2) is 23.2 Å². The van der Waals surface area contributed by atoms with Crippen LogP contribution in [-0.4, -0.2) is 38.7 Å². The largest absolute Gasteiger partial charge is 0.388 e. The fourth-order valence-electron chi connectivity index (χ4n) is 1.15. The fourth-order valence-corrected chi connectivity index (χ4v) is 2.56. The summed E-state index contributed by atoms with van der Waals surface area (Å²) in [4.78, 5) is 3.77. The van der Waals surface area contributed by atoms with E-state index in [2.05, 4.69) is 9.71 Å². The molecular weight excluding hydrogens is 262 g/mol. The highest BCUT2D eigenvalue weighted by Crippen LogP contribution is 2.12. The van der Waals surface area contributed by atoms with Crippen LogP contribution in [0.25, 0.3) is 0 Å². The molecule has 0 aliphatic rings. The number of nitrogens with one attached hydrogen (secondary N) is 1. The fraction of sp³-hybridized carbons (Fsp3) is 0.333. The molecule has 94 valence electrons. The van der Waals surface area contributed by atoms with Crippen molar-refractivity contribution in [2.75, 3.05) is 20.3 Å². The van der Waals surface area contributed by atoms with Crippen LogP contribution in [0.2, 0.25) is 0 Å². The molecule has 0 bridgehead atoms. The number of thiocarbonyl (C=S) groups is 1. The van der Waals surface area contributed by atoms with E-state index in [1.807, 2.05) is 0 Å². The van der Waals surface area contributed by atoms with E-state index in [1.165, 1.54) is 25.4 Å². The summed E-state index contributed by atoms with van der Waals surface area (Å²) in [6.07, 6.45) is 1.43. The Kier molecular flexibility index (Phi) is 4.94. The number of methoxy groups -OCH3 is 1. The molecule has 0 amide bonds. The second-order valence-electron chi connectivity index (χ2n) is 3.10. The van der Waals surface area contributed by atoms with Crippen LogP contribution in [0.1, 0.15) is 5.69 Å². The first-order valence-electron chi connectivity index (χ1n) is 4.72. The van der Waals surface area contributed by atoms with E-state index in [1.54, 1.807) is 0 Å². The van der Waals surface area contributed by atoms with Crippen molar-refractivity contribution in [3.8, 4) is 0 Å². The first-order chi connectivity index (χ1) is 7.99. The summed E-state index contributed by atoms with van der Waals surface area (Å²) in [5.74, 6) is 0. The number of hydrogen-bond acceptors (Lipinski definition) is 5. The van der Waals surface area contributed by atoms with Gasteiger partial charge in [-0.2, -0.15) is 0 Å². The molecule has 1 aromatic rings. The Labute approximate surface area is 105 Å². The number of hydrogen-bond donors (Lipinski definition) is 2. The van der Waals surface area contributed by atoms with Crippen LogP contribution in [0.4, 0.5) is 0 Å². The molecular formula is C9H13N3O3S2. The van der Waals surface area contributed by atoms with Crippen molar-refractivity contribution in [2.24, 2.45) is 5.73 Å². The number of rotatable bonds is 6. The number of nitrogens with two attached hydrogens (primary N) is 1. The third-order valence-electron chi connectivity index (χ3n) is 1.89. The van der Waals surface area contributed by atoms with E-state index in [0.29, 0.717) is 0 Å². The van der Waals surface area contributed by atoms with Gasteiger partial charge in [-0.25, -0.2) is 13.1 Å². The Balaban J connectivity index is 3.02. The minimum absolute atomic E-state index is 0.0244. The lowest BCUT2D eigenvalue weighted by Gasteiger charge is -2.09. The zero-order chi connectivity index (χ0) is 12.9. The summed E-state index contributed by atoms with van der Waals surface area (Å²) in [7, 11) is -2.18. The van der Waals surface area contributed by atoms with Crippen molar-refractivity contribution in [1.29, 1.82) is 0 Å². The molecule has 1 heterocycles. The zero-order valence-electron chi connectivity index (χ0n) is 9.21. The molecule has 0 aliphatic heterocycles. The molecule has 1 rings (SSSR count). The van der Waals surface area contributed by atoms with Gasteiger partial charge in [-0.1, -0.05) is 12.2 Å². The molecule has 1 aromatic heterocycles. The molecule has 0 aliphatic carbocycles. The van der Waals surface area contributed by atoms with Gasteiger partial charge in [0.15, 0.2) is 0 Å². The van der Waals surface area contributed by atoms with Crippen molar-refractivity contribution < 1.29 is 13.2 Å². The maximum absolute atomic E-state index is 11.9. The molecule has 0 aromatic carbocycles. The highest BCUT2D eigenvalue weighted by molar-refractivity contribution is 7.89. The summed E-state index contributed by atoms with van der Waals surface area (Å²) in [5.41, 5.74) is 5.51. The van der Waals surface area contributed by atoms with Gasteiger partial charge in [0.2, 0.25) is 10.0 Å².